The van der Waals surface area contributed by atoms with E-state index in [0.29, 0.717) is 0 Å². The Labute approximate surface area is 120 Å². The topological polar surface area (TPSA) is 26.0 Å². The number of nitrogens with two attached hydrogens (primary N) is 1. The van der Waals surface area contributed by atoms with Crippen LogP contribution >= 0.6 is 11.8 Å². The second kappa shape index (κ2) is 7.25. The molecule has 2 heteroatoms. The molecule has 0 spiro atoms. The Morgan fingerprint density at radius 2 is 1.74 bits per heavy atom. The van der Waals surface area contributed by atoms with Gasteiger partial charge in [0.1, 0.15) is 0 Å². The molecule has 0 aliphatic carbocycles. The Hall–Kier alpha value is -1.41. The molecular formula is C17H21NS. The third kappa shape index (κ3) is 4.64. The minimum Gasteiger partial charge on any atom is -0.399 e. The molecule has 0 aromatic heterocycles. The van der Waals surface area contributed by atoms with Gasteiger partial charge < -0.3 is 5.73 Å². The third-order valence-corrected chi connectivity index (χ3v) is 4.35. The van der Waals surface area contributed by atoms with E-state index in [1.54, 1.807) is 0 Å². The Balaban J connectivity index is 1.67. The van der Waals surface area contributed by atoms with E-state index in [4.69, 9.17) is 5.73 Å². The van der Waals surface area contributed by atoms with Gasteiger partial charge in [-0.25, -0.2) is 0 Å². The summed E-state index contributed by atoms with van der Waals surface area (Å²) >= 11 is 2.02. The molecule has 0 radical (unpaired) electrons. The van der Waals surface area contributed by atoms with Crippen molar-refractivity contribution >= 4 is 17.4 Å². The number of hydrogen-bond acceptors (Lipinski definition) is 2. The van der Waals surface area contributed by atoms with E-state index in [1.165, 1.54) is 28.9 Å². The van der Waals surface area contributed by atoms with Crippen LogP contribution in [-0.4, -0.2) is 5.75 Å². The van der Waals surface area contributed by atoms with Crippen LogP contribution < -0.4 is 5.73 Å². The van der Waals surface area contributed by atoms with Crippen LogP contribution in [0, 0.1) is 6.92 Å². The molecule has 0 bridgehead atoms. The van der Waals surface area contributed by atoms with Crippen LogP contribution in [0.15, 0.2) is 48.5 Å². The lowest BCUT2D eigenvalue weighted by atomic mass is 10.1. The largest absolute Gasteiger partial charge is 0.399 e. The van der Waals surface area contributed by atoms with E-state index in [1.807, 2.05) is 23.9 Å². The maximum Gasteiger partial charge on any atom is 0.0314 e. The molecule has 0 heterocycles. The van der Waals surface area contributed by atoms with Gasteiger partial charge in [0, 0.05) is 11.4 Å². The van der Waals surface area contributed by atoms with E-state index in [2.05, 4.69) is 43.3 Å². The van der Waals surface area contributed by atoms with E-state index < -0.39 is 0 Å². The Morgan fingerprint density at radius 3 is 2.47 bits per heavy atom. The SMILES string of the molecule is Cc1ccccc1CSCCCc1ccc(N)cc1. The van der Waals surface area contributed by atoms with Gasteiger partial charge in [-0.3, -0.25) is 0 Å². The van der Waals surface area contributed by atoms with E-state index >= 15 is 0 Å². The van der Waals surface area contributed by atoms with Crippen molar-refractivity contribution in [1.82, 2.24) is 0 Å². The summed E-state index contributed by atoms with van der Waals surface area (Å²) in [4.78, 5) is 0. The normalized spacial score (nSPS) is 10.6. The van der Waals surface area contributed by atoms with Crippen LogP contribution in [0.5, 0.6) is 0 Å². The van der Waals surface area contributed by atoms with Crippen molar-refractivity contribution in [3.05, 3.63) is 65.2 Å². The maximum atomic E-state index is 5.68. The molecule has 1 nitrogen and oxygen atoms in total. The zero-order valence-corrected chi connectivity index (χ0v) is 12.2. The molecule has 0 amide bonds. The molecule has 2 aromatic carbocycles. The van der Waals surface area contributed by atoms with Crippen LogP contribution in [0.25, 0.3) is 0 Å². The summed E-state index contributed by atoms with van der Waals surface area (Å²) in [6.45, 7) is 2.18. The first kappa shape index (κ1) is 14.0. The number of aryl methyl sites for hydroxylation is 2. The average molecular weight is 271 g/mol. The lowest BCUT2D eigenvalue weighted by Gasteiger charge is -2.05. The predicted molar refractivity (Wildman–Crippen MR) is 86.5 cm³/mol. The van der Waals surface area contributed by atoms with Gasteiger partial charge in [0.05, 0.1) is 0 Å². The highest BCUT2D eigenvalue weighted by atomic mass is 32.2. The van der Waals surface area contributed by atoms with Gasteiger partial charge in [0.25, 0.3) is 0 Å². The van der Waals surface area contributed by atoms with Crippen molar-refractivity contribution in [1.29, 1.82) is 0 Å². The molecule has 100 valence electrons. The highest BCUT2D eigenvalue weighted by Gasteiger charge is 1.98. The first-order valence-corrected chi connectivity index (χ1v) is 7.88. The fraction of sp³-hybridized carbons (Fsp3) is 0.294. The van der Waals surface area contributed by atoms with Crippen LogP contribution in [0.4, 0.5) is 5.69 Å². The highest BCUT2D eigenvalue weighted by Crippen LogP contribution is 2.17. The van der Waals surface area contributed by atoms with Crippen molar-refractivity contribution in [2.24, 2.45) is 0 Å². The molecule has 2 rings (SSSR count). The molecule has 0 saturated heterocycles. The smallest absolute Gasteiger partial charge is 0.0314 e. The van der Waals surface area contributed by atoms with Crippen molar-refractivity contribution in [3.8, 4) is 0 Å². The Kier molecular flexibility index (Phi) is 5.34. The van der Waals surface area contributed by atoms with Gasteiger partial charge in [-0.1, -0.05) is 36.4 Å². The minimum absolute atomic E-state index is 0.845. The van der Waals surface area contributed by atoms with Gasteiger partial charge in [-0.2, -0.15) is 11.8 Å². The van der Waals surface area contributed by atoms with E-state index in [9.17, 15) is 0 Å². The molecular weight excluding hydrogens is 250 g/mol. The molecule has 19 heavy (non-hydrogen) atoms. The van der Waals surface area contributed by atoms with Gasteiger partial charge in [0.2, 0.25) is 0 Å². The van der Waals surface area contributed by atoms with Crippen molar-refractivity contribution in [2.75, 3.05) is 11.5 Å². The number of nitrogen functional groups attached to an aromatic ring is 1. The predicted octanol–water partition coefficient (Wildman–Crippen LogP) is 4.44. The fourth-order valence-corrected chi connectivity index (χ4v) is 3.05. The first-order chi connectivity index (χ1) is 9.25. The summed E-state index contributed by atoms with van der Waals surface area (Å²) in [5.41, 5.74) is 10.8. The number of benzene rings is 2. The second-order valence-electron chi connectivity index (χ2n) is 4.82. The molecule has 0 aliphatic heterocycles. The fourth-order valence-electron chi connectivity index (χ4n) is 2.02. The standard InChI is InChI=1S/C17H21NS/c1-14-5-2-3-7-16(14)13-19-12-4-6-15-8-10-17(18)11-9-15/h2-3,5,7-11H,4,6,12-13,18H2,1H3. The molecule has 0 unspecified atom stereocenters. The summed E-state index contributed by atoms with van der Waals surface area (Å²) in [6, 6.07) is 16.8. The minimum atomic E-state index is 0.845. The van der Waals surface area contributed by atoms with Crippen LogP contribution in [-0.2, 0) is 12.2 Å². The molecule has 2 aromatic rings. The van der Waals surface area contributed by atoms with Crippen molar-refractivity contribution < 1.29 is 0 Å². The Bertz CT molecular complexity index is 505. The summed E-state index contributed by atoms with van der Waals surface area (Å²) in [7, 11) is 0. The number of hydrogen-bond donors (Lipinski definition) is 1. The van der Waals surface area contributed by atoms with Gasteiger partial charge in [-0.05, 0) is 54.3 Å². The molecule has 0 atom stereocenters. The average Bonchev–Trinajstić information content (AvgIpc) is 2.42. The molecule has 2 N–H and O–H groups in total. The van der Waals surface area contributed by atoms with E-state index in [0.717, 1.165) is 17.9 Å². The summed E-state index contributed by atoms with van der Waals surface area (Å²) in [5.74, 6) is 2.33. The third-order valence-electron chi connectivity index (χ3n) is 3.25. The van der Waals surface area contributed by atoms with Crippen LogP contribution in [0.1, 0.15) is 23.1 Å². The lowest BCUT2D eigenvalue weighted by molar-refractivity contribution is 0.933. The van der Waals surface area contributed by atoms with Gasteiger partial charge in [-0.15, -0.1) is 0 Å². The molecule has 0 fully saturated rings. The first-order valence-electron chi connectivity index (χ1n) is 6.72. The lowest BCUT2D eigenvalue weighted by Crippen LogP contribution is -1.91. The Morgan fingerprint density at radius 1 is 1.00 bits per heavy atom. The number of thioether (sulfide) groups is 1. The summed E-state index contributed by atoms with van der Waals surface area (Å²) in [6.07, 6.45) is 2.36. The molecule has 0 saturated carbocycles. The monoisotopic (exact) mass is 271 g/mol. The second-order valence-corrected chi connectivity index (χ2v) is 5.93. The maximum absolute atomic E-state index is 5.68. The van der Waals surface area contributed by atoms with E-state index in [-0.39, 0.29) is 0 Å². The van der Waals surface area contributed by atoms with Crippen molar-refractivity contribution in [3.63, 3.8) is 0 Å². The highest BCUT2D eigenvalue weighted by molar-refractivity contribution is 7.98. The quantitative estimate of drug-likeness (QED) is 0.621. The number of rotatable bonds is 6. The molecule has 0 aliphatic rings. The van der Waals surface area contributed by atoms with Crippen LogP contribution in [0.3, 0.4) is 0 Å². The van der Waals surface area contributed by atoms with Crippen LogP contribution in [0.2, 0.25) is 0 Å². The zero-order chi connectivity index (χ0) is 13.5. The van der Waals surface area contributed by atoms with Crippen molar-refractivity contribution in [2.45, 2.75) is 25.5 Å². The van der Waals surface area contributed by atoms with Gasteiger partial charge >= 0.3 is 0 Å². The summed E-state index contributed by atoms with van der Waals surface area (Å²) in [5, 5.41) is 0. The zero-order valence-electron chi connectivity index (χ0n) is 11.4. The summed E-state index contributed by atoms with van der Waals surface area (Å²) < 4.78 is 0. The number of anilines is 1. The van der Waals surface area contributed by atoms with Gasteiger partial charge in [0.15, 0.2) is 0 Å².